The number of pyridine rings is 1. The van der Waals surface area contributed by atoms with E-state index in [4.69, 9.17) is 0 Å². The first-order valence-electron chi connectivity index (χ1n) is 11.0. The Morgan fingerprint density at radius 3 is 2.48 bits per heavy atom. The van der Waals surface area contributed by atoms with E-state index in [1.165, 1.54) is 5.56 Å². The highest BCUT2D eigenvalue weighted by molar-refractivity contribution is 7.85. The van der Waals surface area contributed by atoms with Gasteiger partial charge in [0, 0.05) is 53.4 Å². The lowest BCUT2D eigenvalue weighted by Gasteiger charge is -2.26. The first-order valence-corrected chi connectivity index (χ1v) is 12.5. The molecular weight excluding hydrogens is 410 g/mol. The van der Waals surface area contributed by atoms with Crippen LogP contribution < -0.4 is 5.32 Å². The van der Waals surface area contributed by atoms with Crippen molar-refractivity contribution in [2.24, 2.45) is 5.92 Å². The summed E-state index contributed by atoms with van der Waals surface area (Å²) in [7, 11) is -0.646. The Balaban J connectivity index is 0.00000112. The first kappa shape index (κ1) is 21.6. The summed E-state index contributed by atoms with van der Waals surface area (Å²) in [6.07, 6.45) is 1.90. The van der Waals surface area contributed by atoms with E-state index >= 15 is 0 Å². The zero-order valence-corrected chi connectivity index (χ0v) is 18.9. The molecule has 3 heterocycles. The number of benzene rings is 1. The Bertz CT molecular complexity index is 1070. The SMILES string of the molecule is CC.O=C(Nc1nc2cccc(-c3ccc(CN4CCS(=O)CC4)cc3)n2n1)C1CC1. The number of carbonyl (C=O) groups excluding carboxylic acids is 1. The van der Waals surface area contributed by atoms with Crippen molar-refractivity contribution in [2.75, 3.05) is 29.9 Å². The zero-order chi connectivity index (χ0) is 21.8. The molecule has 2 aromatic heterocycles. The number of rotatable bonds is 5. The molecular formula is C23H29N5O2S. The van der Waals surface area contributed by atoms with Crippen molar-refractivity contribution in [3.8, 4) is 11.3 Å². The molecule has 1 amide bonds. The number of anilines is 1. The summed E-state index contributed by atoms with van der Waals surface area (Å²) in [5, 5.41) is 7.32. The van der Waals surface area contributed by atoms with Crippen molar-refractivity contribution in [1.29, 1.82) is 0 Å². The maximum atomic E-state index is 12.0. The quantitative estimate of drug-likeness (QED) is 0.660. The average molecular weight is 440 g/mol. The van der Waals surface area contributed by atoms with E-state index in [-0.39, 0.29) is 11.8 Å². The highest BCUT2D eigenvalue weighted by Gasteiger charge is 2.30. The molecule has 0 radical (unpaired) electrons. The van der Waals surface area contributed by atoms with Gasteiger partial charge in [-0.3, -0.25) is 19.2 Å². The van der Waals surface area contributed by atoms with Gasteiger partial charge in [0.25, 0.3) is 0 Å². The summed E-state index contributed by atoms with van der Waals surface area (Å²) in [6, 6.07) is 14.3. The van der Waals surface area contributed by atoms with Crippen molar-refractivity contribution < 1.29 is 9.00 Å². The molecule has 1 aromatic carbocycles. The fourth-order valence-corrected chi connectivity index (χ4v) is 4.74. The van der Waals surface area contributed by atoms with E-state index < -0.39 is 10.8 Å². The van der Waals surface area contributed by atoms with E-state index in [9.17, 15) is 9.00 Å². The minimum absolute atomic E-state index is 0.00774. The molecule has 1 saturated carbocycles. The Morgan fingerprint density at radius 2 is 1.81 bits per heavy atom. The van der Waals surface area contributed by atoms with Gasteiger partial charge >= 0.3 is 0 Å². The van der Waals surface area contributed by atoms with Crippen LogP contribution in [0.4, 0.5) is 5.95 Å². The Hall–Kier alpha value is -2.58. The van der Waals surface area contributed by atoms with Crippen molar-refractivity contribution in [1.82, 2.24) is 19.5 Å². The monoisotopic (exact) mass is 439 g/mol. The van der Waals surface area contributed by atoms with Gasteiger partial charge in [-0.15, -0.1) is 5.10 Å². The fourth-order valence-electron chi connectivity index (χ4n) is 3.61. The second-order valence-corrected chi connectivity index (χ2v) is 9.40. The minimum Gasteiger partial charge on any atom is -0.297 e. The van der Waals surface area contributed by atoms with Gasteiger partial charge in [-0.25, -0.2) is 4.52 Å². The van der Waals surface area contributed by atoms with Crippen molar-refractivity contribution in [2.45, 2.75) is 33.2 Å². The predicted molar refractivity (Wildman–Crippen MR) is 124 cm³/mol. The minimum atomic E-state index is -0.646. The maximum absolute atomic E-state index is 12.0. The molecule has 1 N–H and O–H groups in total. The summed E-state index contributed by atoms with van der Waals surface area (Å²) in [5.74, 6) is 2.02. The third-order valence-electron chi connectivity index (χ3n) is 5.47. The summed E-state index contributed by atoms with van der Waals surface area (Å²) in [6.45, 7) is 6.66. The topological polar surface area (TPSA) is 79.6 Å². The third kappa shape index (κ3) is 5.19. The number of nitrogens with zero attached hydrogens (tertiary/aromatic N) is 4. The van der Waals surface area contributed by atoms with Crippen LogP contribution in [0.5, 0.6) is 0 Å². The zero-order valence-electron chi connectivity index (χ0n) is 18.1. The Morgan fingerprint density at radius 1 is 1.10 bits per heavy atom. The lowest BCUT2D eigenvalue weighted by atomic mass is 10.1. The maximum Gasteiger partial charge on any atom is 0.249 e. The number of aromatic nitrogens is 3. The van der Waals surface area contributed by atoms with Crippen LogP contribution in [-0.4, -0.2) is 54.2 Å². The molecule has 0 unspecified atom stereocenters. The smallest absolute Gasteiger partial charge is 0.249 e. The van der Waals surface area contributed by atoms with Crippen molar-refractivity contribution in [3.05, 3.63) is 48.0 Å². The summed E-state index contributed by atoms with van der Waals surface area (Å²) < 4.78 is 13.3. The van der Waals surface area contributed by atoms with E-state index in [0.717, 1.165) is 55.2 Å². The molecule has 7 nitrogen and oxygen atoms in total. The number of carbonyl (C=O) groups is 1. The van der Waals surface area contributed by atoms with E-state index in [1.54, 1.807) is 4.52 Å². The van der Waals surface area contributed by atoms with Crippen LogP contribution in [0.2, 0.25) is 0 Å². The highest BCUT2D eigenvalue weighted by atomic mass is 32.2. The second-order valence-electron chi connectivity index (χ2n) is 7.70. The molecule has 1 saturated heterocycles. The summed E-state index contributed by atoms with van der Waals surface area (Å²) >= 11 is 0. The van der Waals surface area contributed by atoms with E-state index in [0.29, 0.717) is 11.6 Å². The number of hydrogen-bond acceptors (Lipinski definition) is 5. The lowest BCUT2D eigenvalue weighted by Crippen LogP contribution is -2.37. The molecule has 1 aliphatic heterocycles. The van der Waals surface area contributed by atoms with Crippen LogP contribution >= 0.6 is 0 Å². The number of hydrogen-bond donors (Lipinski definition) is 1. The molecule has 164 valence electrons. The summed E-state index contributed by atoms with van der Waals surface area (Å²) in [5.41, 5.74) is 3.93. The highest BCUT2D eigenvalue weighted by Crippen LogP contribution is 2.30. The van der Waals surface area contributed by atoms with Gasteiger partial charge in [0.15, 0.2) is 5.65 Å². The third-order valence-corrected chi connectivity index (χ3v) is 6.74. The second kappa shape index (κ2) is 9.70. The normalized spacial score (nSPS) is 17.2. The molecule has 0 atom stereocenters. The fraction of sp³-hybridized carbons (Fsp3) is 0.435. The van der Waals surface area contributed by atoms with Gasteiger partial charge in [0.1, 0.15) is 0 Å². The van der Waals surface area contributed by atoms with Crippen LogP contribution in [0.15, 0.2) is 42.5 Å². The summed E-state index contributed by atoms with van der Waals surface area (Å²) in [4.78, 5) is 18.8. The standard InChI is InChI=1S/C21H23N5O2S.C2H6/c27-20(17-8-9-17)23-21-22-19-3-1-2-18(26(19)24-21)16-6-4-15(5-7-16)14-25-10-12-29(28)13-11-25;1-2/h1-7,17H,8-14H2,(H,23,24,27);1-2H3. The van der Waals surface area contributed by atoms with Crippen LogP contribution in [0, 0.1) is 5.92 Å². The van der Waals surface area contributed by atoms with Gasteiger partial charge in [-0.1, -0.05) is 44.2 Å². The van der Waals surface area contributed by atoms with Gasteiger partial charge in [-0.2, -0.15) is 4.98 Å². The molecule has 2 aliphatic rings. The average Bonchev–Trinajstić information content (AvgIpc) is 3.57. The Labute approximate surface area is 185 Å². The van der Waals surface area contributed by atoms with Gasteiger partial charge in [0.05, 0.1) is 5.69 Å². The largest absolute Gasteiger partial charge is 0.297 e. The molecule has 31 heavy (non-hydrogen) atoms. The van der Waals surface area contributed by atoms with Gasteiger partial charge in [-0.05, 0) is 30.5 Å². The van der Waals surface area contributed by atoms with Crippen molar-refractivity contribution >= 4 is 28.3 Å². The first-order chi connectivity index (χ1) is 15.2. The van der Waals surface area contributed by atoms with Crippen LogP contribution in [0.25, 0.3) is 16.9 Å². The van der Waals surface area contributed by atoms with Crippen molar-refractivity contribution in [3.63, 3.8) is 0 Å². The number of nitrogens with one attached hydrogen (secondary N) is 1. The molecule has 0 spiro atoms. The molecule has 2 fully saturated rings. The van der Waals surface area contributed by atoms with Crippen LogP contribution in [0.3, 0.4) is 0 Å². The lowest BCUT2D eigenvalue weighted by molar-refractivity contribution is -0.117. The van der Waals surface area contributed by atoms with E-state index in [2.05, 4.69) is 44.6 Å². The van der Waals surface area contributed by atoms with Gasteiger partial charge in [0.2, 0.25) is 11.9 Å². The Kier molecular flexibility index (Phi) is 6.77. The van der Waals surface area contributed by atoms with Crippen LogP contribution in [-0.2, 0) is 22.1 Å². The molecule has 8 heteroatoms. The molecule has 0 bridgehead atoms. The number of fused-ring (bicyclic) bond motifs is 1. The van der Waals surface area contributed by atoms with Gasteiger partial charge < -0.3 is 0 Å². The predicted octanol–water partition coefficient (Wildman–Crippen LogP) is 3.34. The van der Waals surface area contributed by atoms with Crippen LogP contribution in [0.1, 0.15) is 32.3 Å². The molecule has 3 aromatic rings. The number of amides is 1. The molecule has 5 rings (SSSR count). The molecule has 1 aliphatic carbocycles. The van der Waals surface area contributed by atoms with E-state index in [1.807, 2.05) is 32.0 Å².